The standard InChI is InChI=1S/C11H9ClFN5/c1-7(13)5-8(6-14-2)10-16-9-3-4-15-18(9)11(12)17-10/h3-6H,2H2,1H3/b7-5+,8-6+. The highest BCUT2D eigenvalue weighted by molar-refractivity contribution is 6.28. The second kappa shape index (κ2) is 5.05. The maximum Gasteiger partial charge on any atom is 0.227 e. The topological polar surface area (TPSA) is 55.4 Å². The first-order valence-corrected chi connectivity index (χ1v) is 5.37. The van der Waals surface area contributed by atoms with Crippen LogP contribution in [0.15, 0.2) is 35.4 Å². The summed E-state index contributed by atoms with van der Waals surface area (Å²) in [5, 5.41) is 4.08. The Morgan fingerprint density at radius 3 is 3.00 bits per heavy atom. The molecule has 5 nitrogen and oxygen atoms in total. The number of aliphatic imine (C=N–C) groups is 1. The predicted octanol–water partition coefficient (Wildman–Crippen LogP) is 2.69. The number of fused-ring (bicyclic) bond motifs is 1. The van der Waals surface area contributed by atoms with Gasteiger partial charge in [-0.2, -0.15) is 14.6 Å². The molecule has 0 spiro atoms. The second-order valence-electron chi connectivity index (χ2n) is 3.42. The molecule has 0 N–H and O–H groups in total. The Morgan fingerprint density at radius 1 is 1.56 bits per heavy atom. The molecule has 2 aromatic rings. The smallest absolute Gasteiger partial charge is 0.227 e. The first kappa shape index (κ1) is 12.4. The SMILES string of the molecule is C=N/C=C(\C=C(/C)F)c1nc(Cl)n2nccc2n1. The van der Waals surface area contributed by atoms with Crippen LogP contribution in [0.4, 0.5) is 4.39 Å². The summed E-state index contributed by atoms with van der Waals surface area (Å²) in [7, 11) is 0. The van der Waals surface area contributed by atoms with Crippen LogP contribution in [0.1, 0.15) is 12.7 Å². The zero-order valence-electron chi connectivity index (χ0n) is 9.51. The average Bonchev–Trinajstić information content (AvgIpc) is 2.76. The molecule has 0 radical (unpaired) electrons. The molecule has 92 valence electrons. The lowest BCUT2D eigenvalue weighted by atomic mass is 10.2. The van der Waals surface area contributed by atoms with Crippen molar-refractivity contribution in [2.45, 2.75) is 6.92 Å². The van der Waals surface area contributed by atoms with Crippen LogP contribution in [0.25, 0.3) is 11.2 Å². The molecule has 0 amide bonds. The van der Waals surface area contributed by atoms with Crippen molar-refractivity contribution in [3.8, 4) is 0 Å². The molecule has 0 aliphatic rings. The molecule has 0 aliphatic carbocycles. The summed E-state index contributed by atoms with van der Waals surface area (Å²) in [5.41, 5.74) is 0.903. The van der Waals surface area contributed by atoms with Gasteiger partial charge in [-0.15, -0.1) is 0 Å². The maximum absolute atomic E-state index is 13.0. The van der Waals surface area contributed by atoms with Crippen molar-refractivity contribution in [2.75, 3.05) is 0 Å². The number of halogens is 2. The van der Waals surface area contributed by atoms with Gasteiger partial charge in [-0.3, -0.25) is 4.99 Å². The van der Waals surface area contributed by atoms with E-state index in [9.17, 15) is 4.39 Å². The van der Waals surface area contributed by atoms with Gasteiger partial charge in [-0.25, -0.2) is 9.37 Å². The lowest BCUT2D eigenvalue weighted by Crippen LogP contribution is -2.01. The van der Waals surface area contributed by atoms with E-state index in [0.717, 1.165) is 0 Å². The minimum absolute atomic E-state index is 0.139. The number of aromatic nitrogens is 4. The minimum atomic E-state index is -0.391. The molecule has 18 heavy (non-hydrogen) atoms. The van der Waals surface area contributed by atoms with Crippen molar-refractivity contribution in [2.24, 2.45) is 4.99 Å². The molecule has 0 saturated carbocycles. The lowest BCUT2D eigenvalue weighted by molar-refractivity contribution is 0.641. The van der Waals surface area contributed by atoms with Crippen molar-refractivity contribution in [3.05, 3.63) is 41.5 Å². The van der Waals surface area contributed by atoms with Crippen molar-refractivity contribution in [1.29, 1.82) is 0 Å². The highest BCUT2D eigenvalue weighted by Crippen LogP contribution is 2.17. The van der Waals surface area contributed by atoms with E-state index in [-0.39, 0.29) is 11.1 Å². The number of rotatable bonds is 3. The van der Waals surface area contributed by atoms with Crippen LogP contribution in [0.3, 0.4) is 0 Å². The summed E-state index contributed by atoms with van der Waals surface area (Å²) < 4.78 is 14.3. The number of hydrogen-bond donors (Lipinski definition) is 0. The highest BCUT2D eigenvalue weighted by Gasteiger charge is 2.09. The van der Waals surface area contributed by atoms with Gasteiger partial charge in [-0.05, 0) is 31.3 Å². The Morgan fingerprint density at radius 2 is 2.33 bits per heavy atom. The third kappa shape index (κ3) is 2.43. The van der Waals surface area contributed by atoms with Crippen molar-refractivity contribution in [1.82, 2.24) is 19.6 Å². The molecular formula is C11H9ClFN5. The molecule has 2 rings (SSSR count). The molecule has 0 saturated heterocycles. The number of allylic oxidation sites excluding steroid dienone is 3. The first-order chi connectivity index (χ1) is 8.61. The number of hydrogen-bond acceptors (Lipinski definition) is 4. The molecule has 0 unspecified atom stereocenters. The minimum Gasteiger partial charge on any atom is -0.272 e. The Labute approximate surface area is 107 Å². The van der Waals surface area contributed by atoms with Crippen LogP contribution in [-0.2, 0) is 0 Å². The Kier molecular flexibility index (Phi) is 3.47. The predicted molar refractivity (Wildman–Crippen MR) is 68.2 cm³/mol. The van der Waals surface area contributed by atoms with Gasteiger partial charge in [0.05, 0.1) is 12.0 Å². The summed E-state index contributed by atoms with van der Waals surface area (Å²) >= 11 is 5.95. The van der Waals surface area contributed by atoms with E-state index in [1.165, 1.54) is 23.7 Å². The first-order valence-electron chi connectivity index (χ1n) is 4.99. The van der Waals surface area contributed by atoms with E-state index in [0.29, 0.717) is 11.2 Å². The van der Waals surface area contributed by atoms with E-state index >= 15 is 0 Å². The fraction of sp³-hybridized carbons (Fsp3) is 0.0909. The lowest BCUT2D eigenvalue weighted by Gasteiger charge is -2.02. The molecule has 0 aliphatic heterocycles. The Bertz CT molecular complexity index is 654. The van der Waals surface area contributed by atoms with Gasteiger partial charge in [0.15, 0.2) is 11.5 Å². The Hall–Kier alpha value is -2.08. The van der Waals surface area contributed by atoms with Crippen LogP contribution in [0, 0.1) is 0 Å². The van der Waals surface area contributed by atoms with Crippen molar-refractivity contribution >= 4 is 29.5 Å². The molecule has 0 atom stereocenters. The summed E-state index contributed by atoms with van der Waals surface area (Å²) in [4.78, 5) is 11.8. The van der Waals surface area contributed by atoms with Gasteiger partial charge in [0.25, 0.3) is 0 Å². The zero-order valence-corrected chi connectivity index (χ0v) is 10.3. The Balaban J connectivity index is 2.61. The van der Waals surface area contributed by atoms with Crippen LogP contribution >= 0.6 is 11.6 Å². The van der Waals surface area contributed by atoms with Gasteiger partial charge in [0.2, 0.25) is 5.28 Å². The van der Waals surface area contributed by atoms with Gasteiger partial charge in [0.1, 0.15) is 0 Å². The monoisotopic (exact) mass is 265 g/mol. The maximum atomic E-state index is 13.0. The molecule has 0 bridgehead atoms. The van der Waals surface area contributed by atoms with E-state index in [1.807, 2.05) is 0 Å². The third-order valence-corrected chi connectivity index (χ3v) is 2.30. The molecule has 2 aromatic heterocycles. The van der Waals surface area contributed by atoms with Crippen molar-refractivity contribution < 1.29 is 4.39 Å². The molecular weight excluding hydrogens is 257 g/mol. The fourth-order valence-electron chi connectivity index (χ4n) is 1.39. The summed E-state index contributed by atoms with van der Waals surface area (Å²) in [6.07, 6.45) is 4.17. The average molecular weight is 266 g/mol. The van der Waals surface area contributed by atoms with Gasteiger partial charge >= 0.3 is 0 Å². The number of nitrogens with zero attached hydrogens (tertiary/aromatic N) is 5. The molecule has 0 fully saturated rings. The van der Waals surface area contributed by atoms with Gasteiger partial charge in [0, 0.05) is 17.8 Å². The van der Waals surface area contributed by atoms with Crippen molar-refractivity contribution in [3.63, 3.8) is 0 Å². The van der Waals surface area contributed by atoms with Crippen LogP contribution in [-0.4, -0.2) is 26.3 Å². The van der Waals surface area contributed by atoms with Crippen LogP contribution in [0.2, 0.25) is 5.28 Å². The summed E-state index contributed by atoms with van der Waals surface area (Å²) in [6, 6.07) is 1.67. The molecule has 2 heterocycles. The zero-order chi connectivity index (χ0) is 13.1. The third-order valence-electron chi connectivity index (χ3n) is 2.06. The molecule has 0 aromatic carbocycles. The second-order valence-corrected chi connectivity index (χ2v) is 3.75. The van der Waals surface area contributed by atoms with Gasteiger partial charge in [-0.1, -0.05) is 0 Å². The van der Waals surface area contributed by atoms with Crippen LogP contribution < -0.4 is 0 Å². The van der Waals surface area contributed by atoms with Gasteiger partial charge < -0.3 is 0 Å². The van der Waals surface area contributed by atoms with E-state index in [4.69, 9.17) is 11.6 Å². The largest absolute Gasteiger partial charge is 0.272 e. The quantitative estimate of drug-likeness (QED) is 0.633. The van der Waals surface area contributed by atoms with E-state index in [1.54, 1.807) is 12.3 Å². The van der Waals surface area contributed by atoms with E-state index in [2.05, 4.69) is 26.8 Å². The fourth-order valence-corrected chi connectivity index (χ4v) is 1.60. The van der Waals surface area contributed by atoms with E-state index < -0.39 is 5.83 Å². The highest BCUT2D eigenvalue weighted by atomic mass is 35.5. The summed E-state index contributed by atoms with van der Waals surface area (Å²) in [5.74, 6) is -0.129. The normalized spacial score (nSPS) is 13.1. The summed E-state index contributed by atoms with van der Waals surface area (Å²) in [6.45, 7) is 4.64. The molecule has 7 heteroatoms. The van der Waals surface area contributed by atoms with Crippen LogP contribution in [0.5, 0.6) is 0 Å².